The number of carbonyl (C=O) groups excluding carboxylic acids is 2. The van der Waals surface area contributed by atoms with E-state index < -0.39 is 5.97 Å². The summed E-state index contributed by atoms with van der Waals surface area (Å²) in [5.41, 5.74) is 1.84. The first-order valence-corrected chi connectivity index (χ1v) is 8.98. The van der Waals surface area contributed by atoms with Crippen molar-refractivity contribution in [3.05, 3.63) is 65.2 Å². The fourth-order valence-corrected chi connectivity index (χ4v) is 2.50. The lowest BCUT2D eigenvalue weighted by molar-refractivity contribution is -0.149. The van der Waals surface area contributed by atoms with Gasteiger partial charge in [-0.2, -0.15) is 4.80 Å². The number of benzene rings is 2. The van der Waals surface area contributed by atoms with Crippen LogP contribution < -0.4 is 5.32 Å². The van der Waals surface area contributed by atoms with Gasteiger partial charge in [0, 0.05) is 17.1 Å². The summed E-state index contributed by atoms with van der Waals surface area (Å²) in [6.45, 7) is -0.125. The summed E-state index contributed by atoms with van der Waals surface area (Å²) in [5.74, 6) is -0.626. The highest BCUT2D eigenvalue weighted by Gasteiger charge is 2.12. The maximum absolute atomic E-state index is 11.9. The first-order valence-electron chi connectivity index (χ1n) is 8.60. The average molecular weight is 400 g/mol. The predicted molar refractivity (Wildman–Crippen MR) is 102 cm³/mol. The molecule has 0 aliphatic rings. The van der Waals surface area contributed by atoms with Crippen LogP contribution >= 0.6 is 11.6 Å². The Hall–Kier alpha value is -3.26. The molecule has 3 aromatic rings. The van der Waals surface area contributed by atoms with Crippen LogP contribution in [0.25, 0.3) is 11.4 Å². The third-order valence-electron chi connectivity index (χ3n) is 3.77. The quantitative estimate of drug-likeness (QED) is 0.581. The smallest absolute Gasteiger partial charge is 0.330 e. The molecule has 0 spiro atoms. The highest BCUT2D eigenvalue weighted by Crippen LogP contribution is 2.16. The van der Waals surface area contributed by atoms with Crippen LogP contribution in [-0.4, -0.2) is 45.2 Å². The Labute approximate surface area is 166 Å². The van der Waals surface area contributed by atoms with E-state index in [1.54, 1.807) is 24.3 Å². The van der Waals surface area contributed by atoms with E-state index in [-0.39, 0.29) is 19.1 Å². The van der Waals surface area contributed by atoms with Crippen molar-refractivity contribution in [2.75, 3.05) is 13.2 Å². The van der Waals surface area contributed by atoms with Crippen LogP contribution in [0.4, 0.5) is 0 Å². The SMILES string of the molecule is O=C(COC(=O)Cn1nnc(-c2ccc(Cl)cc2)n1)NCCc1ccccc1. The van der Waals surface area contributed by atoms with Crippen molar-refractivity contribution in [2.24, 2.45) is 0 Å². The third-order valence-corrected chi connectivity index (χ3v) is 4.02. The lowest BCUT2D eigenvalue weighted by atomic mass is 10.1. The van der Waals surface area contributed by atoms with Gasteiger partial charge >= 0.3 is 5.97 Å². The number of carbonyl (C=O) groups is 2. The molecule has 0 unspecified atom stereocenters. The summed E-state index contributed by atoms with van der Waals surface area (Å²) in [4.78, 5) is 24.7. The van der Waals surface area contributed by atoms with Gasteiger partial charge in [0.05, 0.1) is 0 Å². The molecule has 0 fully saturated rings. The van der Waals surface area contributed by atoms with Crippen LogP contribution in [0.3, 0.4) is 0 Å². The average Bonchev–Trinajstić information content (AvgIpc) is 3.16. The maximum atomic E-state index is 11.9. The van der Waals surface area contributed by atoms with Gasteiger partial charge in [0.1, 0.15) is 0 Å². The molecule has 144 valence electrons. The maximum Gasteiger partial charge on any atom is 0.330 e. The van der Waals surface area contributed by atoms with Crippen LogP contribution in [0.1, 0.15) is 5.56 Å². The summed E-state index contributed by atoms with van der Waals surface area (Å²) in [7, 11) is 0. The minimum atomic E-state index is -0.627. The molecule has 3 rings (SSSR count). The molecule has 0 saturated heterocycles. The highest BCUT2D eigenvalue weighted by atomic mass is 35.5. The minimum Gasteiger partial charge on any atom is -0.454 e. The van der Waals surface area contributed by atoms with Crippen molar-refractivity contribution in [1.29, 1.82) is 0 Å². The largest absolute Gasteiger partial charge is 0.454 e. The zero-order valence-electron chi connectivity index (χ0n) is 14.9. The monoisotopic (exact) mass is 399 g/mol. The number of tetrazole rings is 1. The van der Waals surface area contributed by atoms with Gasteiger partial charge < -0.3 is 10.1 Å². The second kappa shape index (κ2) is 9.61. The number of amides is 1. The topological polar surface area (TPSA) is 99.0 Å². The minimum absolute atomic E-state index is 0.238. The van der Waals surface area contributed by atoms with Crippen LogP contribution in [0.5, 0.6) is 0 Å². The summed E-state index contributed by atoms with van der Waals surface area (Å²) in [6, 6.07) is 16.7. The van der Waals surface area contributed by atoms with Crippen LogP contribution in [-0.2, 0) is 27.3 Å². The number of halogens is 1. The molecule has 0 saturated carbocycles. The van der Waals surface area contributed by atoms with Gasteiger partial charge in [-0.3, -0.25) is 4.79 Å². The molecule has 2 aromatic carbocycles. The van der Waals surface area contributed by atoms with Crippen molar-refractivity contribution in [2.45, 2.75) is 13.0 Å². The van der Waals surface area contributed by atoms with Gasteiger partial charge in [-0.05, 0) is 41.5 Å². The summed E-state index contributed by atoms with van der Waals surface area (Å²) in [6.07, 6.45) is 0.705. The summed E-state index contributed by atoms with van der Waals surface area (Å²) < 4.78 is 4.94. The molecular formula is C19H18ClN5O3. The molecule has 0 radical (unpaired) electrons. The molecule has 1 amide bonds. The van der Waals surface area contributed by atoms with Gasteiger partial charge in [-0.15, -0.1) is 10.2 Å². The molecule has 28 heavy (non-hydrogen) atoms. The Kier molecular flexibility index (Phi) is 6.69. The molecule has 0 aliphatic heterocycles. The number of hydrogen-bond acceptors (Lipinski definition) is 6. The van der Waals surface area contributed by atoms with E-state index >= 15 is 0 Å². The van der Waals surface area contributed by atoms with E-state index in [1.807, 2.05) is 30.3 Å². The lowest BCUT2D eigenvalue weighted by Gasteiger charge is -2.06. The standard InChI is InChI=1S/C19H18ClN5O3/c20-16-8-6-15(7-9-16)19-22-24-25(23-19)12-18(27)28-13-17(26)21-11-10-14-4-2-1-3-5-14/h1-9H,10-13H2,(H,21,26). The molecule has 9 heteroatoms. The zero-order chi connectivity index (χ0) is 19.8. The number of ether oxygens (including phenoxy) is 1. The van der Waals surface area contributed by atoms with E-state index in [2.05, 4.69) is 20.7 Å². The van der Waals surface area contributed by atoms with E-state index in [4.69, 9.17) is 16.3 Å². The molecule has 1 heterocycles. The van der Waals surface area contributed by atoms with Gasteiger partial charge in [-0.25, -0.2) is 4.79 Å². The van der Waals surface area contributed by atoms with Crippen molar-refractivity contribution in [3.63, 3.8) is 0 Å². The zero-order valence-corrected chi connectivity index (χ0v) is 15.7. The Morgan fingerprint density at radius 3 is 2.57 bits per heavy atom. The Morgan fingerprint density at radius 2 is 1.82 bits per heavy atom. The number of aromatic nitrogens is 4. The van der Waals surface area contributed by atoms with Gasteiger partial charge in [-0.1, -0.05) is 41.9 Å². The van der Waals surface area contributed by atoms with E-state index in [0.29, 0.717) is 23.8 Å². The molecule has 1 aromatic heterocycles. The van der Waals surface area contributed by atoms with E-state index in [9.17, 15) is 9.59 Å². The van der Waals surface area contributed by atoms with Crippen molar-refractivity contribution < 1.29 is 14.3 Å². The summed E-state index contributed by atoms with van der Waals surface area (Å²) in [5, 5.41) is 15.1. The van der Waals surface area contributed by atoms with Crippen molar-refractivity contribution in [3.8, 4) is 11.4 Å². The third kappa shape index (κ3) is 5.88. The van der Waals surface area contributed by atoms with Crippen molar-refractivity contribution in [1.82, 2.24) is 25.5 Å². The highest BCUT2D eigenvalue weighted by molar-refractivity contribution is 6.30. The van der Waals surface area contributed by atoms with E-state index in [0.717, 1.165) is 15.9 Å². The number of rotatable bonds is 8. The van der Waals surface area contributed by atoms with Gasteiger partial charge in [0.15, 0.2) is 13.2 Å². The number of nitrogens with zero attached hydrogens (tertiary/aromatic N) is 4. The molecule has 0 atom stereocenters. The number of esters is 1. The Morgan fingerprint density at radius 1 is 1.07 bits per heavy atom. The fourth-order valence-electron chi connectivity index (χ4n) is 2.37. The number of nitrogens with one attached hydrogen (secondary N) is 1. The second-order valence-corrected chi connectivity index (χ2v) is 6.33. The summed E-state index contributed by atoms with van der Waals surface area (Å²) >= 11 is 5.84. The Balaban J connectivity index is 1.39. The van der Waals surface area contributed by atoms with Crippen LogP contribution in [0.2, 0.25) is 5.02 Å². The number of hydrogen-bond donors (Lipinski definition) is 1. The van der Waals surface area contributed by atoms with Gasteiger partial charge in [0.2, 0.25) is 5.82 Å². The molecular weight excluding hydrogens is 382 g/mol. The van der Waals surface area contributed by atoms with E-state index in [1.165, 1.54) is 0 Å². The second-order valence-electron chi connectivity index (χ2n) is 5.90. The van der Waals surface area contributed by atoms with Crippen molar-refractivity contribution >= 4 is 23.5 Å². The van der Waals surface area contributed by atoms with Crippen LogP contribution in [0, 0.1) is 0 Å². The lowest BCUT2D eigenvalue weighted by Crippen LogP contribution is -2.31. The first-order chi connectivity index (χ1) is 13.6. The fraction of sp³-hybridized carbons (Fsp3) is 0.211. The normalized spacial score (nSPS) is 10.5. The molecule has 0 bridgehead atoms. The van der Waals surface area contributed by atoms with Crippen LogP contribution in [0.15, 0.2) is 54.6 Å². The van der Waals surface area contributed by atoms with Gasteiger partial charge in [0.25, 0.3) is 5.91 Å². The predicted octanol–water partition coefficient (Wildman–Crippen LogP) is 1.90. The molecule has 0 aliphatic carbocycles. The Bertz CT molecular complexity index is 928. The first kappa shape index (κ1) is 19.5. The molecule has 8 nitrogen and oxygen atoms in total. The molecule has 1 N–H and O–H groups in total.